The number of aliphatic hydroxyl groups excluding tert-OH is 1. The van der Waals surface area contributed by atoms with Crippen LogP contribution in [0.4, 0.5) is 5.69 Å². The maximum absolute atomic E-state index is 11.2. The Hall–Kier alpha value is -3.66. The Labute approximate surface area is 184 Å². The molecule has 2 N–H and O–H groups in total. The molecule has 2 atom stereocenters. The van der Waals surface area contributed by atoms with Gasteiger partial charge in [-0.15, -0.1) is 10.2 Å². The van der Waals surface area contributed by atoms with E-state index in [9.17, 15) is 10.4 Å². The van der Waals surface area contributed by atoms with Crippen molar-refractivity contribution in [1.29, 1.82) is 5.26 Å². The smallest absolute Gasteiger partial charge is 0.247 e. The number of anilines is 1. The fraction of sp³-hybridized carbons (Fsp3) is 0.125. The molecule has 0 spiro atoms. The molecule has 6 nitrogen and oxygen atoms in total. The molecule has 0 aliphatic heterocycles. The second-order valence-electron chi connectivity index (χ2n) is 7.00. The zero-order chi connectivity index (χ0) is 21.8. The van der Waals surface area contributed by atoms with E-state index in [-0.39, 0.29) is 5.89 Å². The quantitative estimate of drug-likeness (QED) is 0.422. The molecule has 4 rings (SSSR count). The van der Waals surface area contributed by atoms with Gasteiger partial charge in [-0.1, -0.05) is 60.1 Å². The van der Waals surface area contributed by atoms with E-state index in [0.29, 0.717) is 33.3 Å². The highest BCUT2D eigenvalue weighted by molar-refractivity contribution is 6.32. The fourth-order valence-corrected chi connectivity index (χ4v) is 3.48. The van der Waals surface area contributed by atoms with Gasteiger partial charge in [0.1, 0.15) is 18.2 Å². The lowest BCUT2D eigenvalue weighted by Gasteiger charge is -2.24. The van der Waals surface area contributed by atoms with Gasteiger partial charge in [0.15, 0.2) is 0 Å². The zero-order valence-electron chi connectivity index (χ0n) is 16.7. The van der Waals surface area contributed by atoms with Crippen LogP contribution >= 0.6 is 11.6 Å². The van der Waals surface area contributed by atoms with E-state index in [1.54, 1.807) is 19.1 Å². The summed E-state index contributed by atoms with van der Waals surface area (Å²) in [6.07, 6.45) is -0.973. The number of rotatable bonds is 6. The van der Waals surface area contributed by atoms with E-state index >= 15 is 0 Å². The van der Waals surface area contributed by atoms with Crippen molar-refractivity contribution >= 4 is 17.3 Å². The number of hydrogen-bond donors (Lipinski definition) is 2. The SMILES string of the molecule is Cc1c(NC(c2nnc(-c3ccccc3)o2)C(O)c2ccccc2)ccc(C#N)c1Cl. The summed E-state index contributed by atoms with van der Waals surface area (Å²) in [7, 11) is 0. The lowest BCUT2D eigenvalue weighted by atomic mass is 10.0. The number of aliphatic hydroxyl groups is 1. The zero-order valence-corrected chi connectivity index (χ0v) is 17.4. The number of nitriles is 1. The van der Waals surface area contributed by atoms with Crippen LogP contribution in [0.25, 0.3) is 11.5 Å². The largest absolute Gasteiger partial charge is 0.418 e. The van der Waals surface area contributed by atoms with Gasteiger partial charge < -0.3 is 14.8 Å². The molecule has 1 aromatic heterocycles. The molecule has 31 heavy (non-hydrogen) atoms. The van der Waals surface area contributed by atoms with Gasteiger partial charge >= 0.3 is 0 Å². The van der Waals surface area contributed by atoms with Crippen LogP contribution < -0.4 is 5.32 Å². The predicted octanol–water partition coefficient (Wildman–Crippen LogP) is 5.46. The van der Waals surface area contributed by atoms with E-state index in [1.807, 2.05) is 60.7 Å². The van der Waals surface area contributed by atoms with Gasteiger partial charge in [0.2, 0.25) is 11.8 Å². The van der Waals surface area contributed by atoms with Crippen molar-refractivity contribution in [2.45, 2.75) is 19.1 Å². The Morgan fingerprint density at radius 3 is 2.35 bits per heavy atom. The summed E-state index contributed by atoms with van der Waals surface area (Å²) >= 11 is 6.33. The topological polar surface area (TPSA) is 95.0 Å². The van der Waals surface area contributed by atoms with E-state index in [0.717, 1.165) is 5.56 Å². The number of halogens is 1. The molecule has 0 saturated carbocycles. The van der Waals surface area contributed by atoms with E-state index in [4.69, 9.17) is 16.0 Å². The molecular weight excluding hydrogens is 412 g/mol. The van der Waals surface area contributed by atoms with Crippen LogP contribution in [0.15, 0.2) is 77.2 Å². The van der Waals surface area contributed by atoms with Crippen LogP contribution in [0, 0.1) is 18.3 Å². The highest BCUT2D eigenvalue weighted by Crippen LogP contribution is 2.35. The summed E-state index contributed by atoms with van der Waals surface area (Å²) in [5.74, 6) is 0.590. The molecule has 0 aliphatic rings. The molecule has 0 fully saturated rings. The highest BCUT2D eigenvalue weighted by atomic mass is 35.5. The molecule has 1 heterocycles. The maximum Gasteiger partial charge on any atom is 0.247 e. The van der Waals surface area contributed by atoms with Crippen LogP contribution in [-0.2, 0) is 0 Å². The molecule has 7 heteroatoms. The van der Waals surface area contributed by atoms with Crippen molar-refractivity contribution in [3.8, 4) is 17.5 Å². The first-order valence-corrected chi connectivity index (χ1v) is 10.0. The summed E-state index contributed by atoms with van der Waals surface area (Å²) in [6.45, 7) is 1.81. The third-order valence-electron chi connectivity index (χ3n) is 5.00. The minimum Gasteiger partial charge on any atom is -0.418 e. The number of nitrogens with zero attached hydrogens (tertiary/aromatic N) is 3. The monoisotopic (exact) mass is 430 g/mol. The minimum absolute atomic E-state index is 0.232. The normalized spacial score (nSPS) is 12.7. The van der Waals surface area contributed by atoms with Crippen molar-refractivity contribution < 1.29 is 9.52 Å². The van der Waals surface area contributed by atoms with Gasteiger partial charge in [0.05, 0.1) is 10.6 Å². The molecule has 2 unspecified atom stereocenters. The van der Waals surface area contributed by atoms with Gasteiger partial charge in [-0.05, 0) is 42.3 Å². The average Bonchev–Trinajstić information content (AvgIpc) is 3.31. The van der Waals surface area contributed by atoms with Crippen molar-refractivity contribution in [2.24, 2.45) is 0 Å². The Kier molecular flexibility index (Phi) is 5.99. The van der Waals surface area contributed by atoms with Gasteiger partial charge in [-0.25, -0.2) is 0 Å². The van der Waals surface area contributed by atoms with Crippen molar-refractivity contribution in [3.05, 3.63) is 100 Å². The Balaban J connectivity index is 1.74. The number of hydrogen-bond acceptors (Lipinski definition) is 6. The molecule has 0 radical (unpaired) electrons. The van der Waals surface area contributed by atoms with E-state index < -0.39 is 12.1 Å². The fourth-order valence-electron chi connectivity index (χ4n) is 3.27. The molecular formula is C24H19ClN4O2. The Bertz CT molecular complexity index is 1220. The molecule has 0 amide bonds. The van der Waals surface area contributed by atoms with E-state index in [2.05, 4.69) is 21.6 Å². The van der Waals surface area contributed by atoms with Crippen molar-refractivity contribution in [1.82, 2.24) is 10.2 Å². The number of nitrogens with one attached hydrogen (secondary N) is 1. The van der Waals surface area contributed by atoms with Crippen LogP contribution in [0.1, 0.15) is 34.7 Å². The van der Waals surface area contributed by atoms with E-state index in [1.165, 1.54) is 0 Å². The first kappa shape index (κ1) is 20.6. The van der Waals surface area contributed by atoms with Gasteiger partial charge in [-0.3, -0.25) is 0 Å². The van der Waals surface area contributed by atoms with Gasteiger partial charge in [-0.2, -0.15) is 5.26 Å². The first-order chi connectivity index (χ1) is 15.1. The minimum atomic E-state index is -0.973. The molecule has 154 valence electrons. The molecule has 0 saturated heterocycles. The predicted molar refractivity (Wildman–Crippen MR) is 118 cm³/mol. The van der Waals surface area contributed by atoms with Gasteiger partial charge in [0, 0.05) is 11.3 Å². The summed E-state index contributed by atoms with van der Waals surface area (Å²) in [5.41, 5.74) is 3.20. The first-order valence-electron chi connectivity index (χ1n) is 9.66. The summed E-state index contributed by atoms with van der Waals surface area (Å²) in [5, 5.41) is 32.4. The number of aromatic nitrogens is 2. The average molecular weight is 431 g/mol. The van der Waals surface area contributed by atoms with Crippen molar-refractivity contribution in [3.63, 3.8) is 0 Å². The molecule has 0 aliphatic carbocycles. The highest BCUT2D eigenvalue weighted by Gasteiger charge is 2.29. The summed E-state index contributed by atoms with van der Waals surface area (Å²) in [4.78, 5) is 0. The molecule has 0 bridgehead atoms. The summed E-state index contributed by atoms with van der Waals surface area (Å²) < 4.78 is 5.93. The lowest BCUT2D eigenvalue weighted by Crippen LogP contribution is -2.20. The maximum atomic E-state index is 11.2. The Morgan fingerprint density at radius 2 is 1.68 bits per heavy atom. The second kappa shape index (κ2) is 9.00. The third kappa shape index (κ3) is 4.29. The second-order valence-corrected chi connectivity index (χ2v) is 7.38. The van der Waals surface area contributed by atoms with Crippen LogP contribution in [0.5, 0.6) is 0 Å². The number of benzene rings is 3. The third-order valence-corrected chi connectivity index (χ3v) is 5.49. The van der Waals surface area contributed by atoms with Crippen LogP contribution in [0.3, 0.4) is 0 Å². The van der Waals surface area contributed by atoms with Crippen molar-refractivity contribution in [2.75, 3.05) is 5.32 Å². The van der Waals surface area contributed by atoms with Crippen LogP contribution in [0.2, 0.25) is 5.02 Å². The lowest BCUT2D eigenvalue weighted by molar-refractivity contribution is 0.143. The van der Waals surface area contributed by atoms with Gasteiger partial charge in [0.25, 0.3) is 0 Å². The molecule has 3 aromatic carbocycles. The Morgan fingerprint density at radius 1 is 1.00 bits per heavy atom. The summed E-state index contributed by atoms with van der Waals surface area (Å²) in [6, 6.07) is 23.4. The molecule has 4 aromatic rings. The van der Waals surface area contributed by atoms with Crippen LogP contribution in [-0.4, -0.2) is 15.3 Å². The standard InChI is InChI=1S/C24H19ClN4O2/c1-15-19(13-12-18(14-26)20(15)25)27-21(22(30)16-8-4-2-5-9-16)24-29-28-23(31-24)17-10-6-3-7-11-17/h2-13,21-22,27,30H,1H3.